The van der Waals surface area contributed by atoms with Crippen molar-refractivity contribution in [2.45, 2.75) is 25.3 Å². The van der Waals surface area contributed by atoms with Gasteiger partial charge in [0.2, 0.25) is 10.0 Å². The monoisotopic (exact) mass is 309 g/mol. The van der Waals surface area contributed by atoms with Crippen molar-refractivity contribution < 1.29 is 8.42 Å². The Morgan fingerprint density at radius 2 is 1.90 bits per heavy atom. The maximum absolute atomic E-state index is 11.9. The van der Waals surface area contributed by atoms with Crippen molar-refractivity contribution >= 4 is 10.0 Å². The number of nitrogens with two attached hydrogens (primary N) is 1. The highest BCUT2D eigenvalue weighted by atomic mass is 32.2. The van der Waals surface area contributed by atoms with Crippen molar-refractivity contribution in [2.75, 3.05) is 6.54 Å². The third-order valence-electron chi connectivity index (χ3n) is 2.97. The van der Waals surface area contributed by atoms with E-state index in [1.165, 1.54) is 0 Å². The third kappa shape index (κ3) is 5.25. The predicted octanol–water partition coefficient (Wildman–Crippen LogP) is 0.247. The Balaban J connectivity index is 1.78. The van der Waals surface area contributed by atoms with E-state index in [9.17, 15) is 8.42 Å². The number of hydrogen-bond acceptors (Lipinski definition) is 5. The number of benzene rings is 1. The van der Waals surface area contributed by atoms with E-state index in [2.05, 4.69) is 15.0 Å². The first-order valence-electron chi connectivity index (χ1n) is 6.68. The lowest BCUT2D eigenvalue weighted by atomic mass is 10.1. The highest BCUT2D eigenvalue weighted by molar-refractivity contribution is 7.88. The average molecular weight is 309 g/mol. The molecule has 0 aliphatic carbocycles. The first kappa shape index (κ1) is 15.6. The molecule has 0 aliphatic heterocycles. The molecule has 1 aromatic heterocycles. The molecule has 0 unspecified atom stereocenters. The number of aromatic nitrogens is 3. The summed E-state index contributed by atoms with van der Waals surface area (Å²) in [5.41, 5.74) is 7.24. The van der Waals surface area contributed by atoms with Gasteiger partial charge in [0.05, 0.1) is 11.9 Å². The van der Waals surface area contributed by atoms with E-state index in [1.807, 2.05) is 12.1 Å². The lowest BCUT2D eigenvalue weighted by Gasteiger charge is -2.07. The molecule has 8 heteroatoms. The van der Waals surface area contributed by atoms with Crippen LogP contribution < -0.4 is 10.5 Å². The Labute approximate surface area is 124 Å². The van der Waals surface area contributed by atoms with Crippen LogP contribution in [0.3, 0.4) is 0 Å². The fraction of sp³-hybridized carbons (Fsp3) is 0.385. The van der Waals surface area contributed by atoms with Crippen LogP contribution in [-0.4, -0.2) is 30.0 Å². The van der Waals surface area contributed by atoms with E-state index >= 15 is 0 Å². The molecule has 0 aliphatic rings. The number of hydrogen-bond donors (Lipinski definition) is 2. The van der Waals surface area contributed by atoms with Crippen molar-refractivity contribution in [1.29, 1.82) is 0 Å². The Bertz CT molecular complexity index is 638. The number of nitrogens with zero attached hydrogens (tertiary/aromatic N) is 3. The van der Waals surface area contributed by atoms with Crippen LogP contribution in [0.5, 0.6) is 0 Å². The standard InChI is InChI=1S/C13H19N5O2S/c14-10-12-2-4-13(5-3-12)11-21(19,20)16-6-1-8-18-9-7-15-17-18/h2-5,7,9,16H,1,6,8,10-11,14H2. The average Bonchev–Trinajstić information content (AvgIpc) is 2.97. The molecule has 114 valence electrons. The van der Waals surface area contributed by atoms with Crippen LogP contribution in [0.4, 0.5) is 0 Å². The number of rotatable bonds is 8. The van der Waals surface area contributed by atoms with Crippen molar-refractivity contribution in [2.24, 2.45) is 5.73 Å². The minimum Gasteiger partial charge on any atom is -0.326 e. The van der Waals surface area contributed by atoms with Gasteiger partial charge in [0, 0.05) is 25.8 Å². The minimum atomic E-state index is -3.32. The van der Waals surface area contributed by atoms with Gasteiger partial charge in [-0.2, -0.15) is 0 Å². The lowest BCUT2D eigenvalue weighted by molar-refractivity contribution is 0.542. The van der Waals surface area contributed by atoms with Crippen LogP contribution in [0, 0.1) is 0 Å². The second kappa shape index (κ2) is 7.30. The summed E-state index contributed by atoms with van der Waals surface area (Å²) in [6.45, 7) is 1.46. The Morgan fingerprint density at radius 3 is 2.52 bits per heavy atom. The highest BCUT2D eigenvalue weighted by Crippen LogP contribution is 2.07. The SMILES string of the molecule is NCc1ccc(CS(=O)(=O)NCCCn2ccnn2)cc1. The second-order valence-electron chi connectivity index (χ2n) is 4.69. The zero-order valence-electron chi connectivity index (χ0n) is 11.6. The molecule has 0 bridgehead atoms. The van der Waals surface area contributed by atoms with Crippen molar-refractivity contribution in [3.8, 4) is 0 Å². The Hall–Kier alpha value is -1.77. The Kier molecular flexibility index (Phi) is 5.43. The van der Waals surface area contributed by atoms with Gasteiger partial charge in [-0.15, -0.1) is 5.10 Å². The molecule has 0 atom stereocenters. The maximum atomic E-state index is 11.9. The Morgan fingerprint density at radius 1 is 1.19 bits per heavy atom. The third-order valence-corrected chi connectivity index (χ3v) is 4.33. The molecule has 1 heterocycles. The number of aryl methyl sites for hydroxylation is 1. The predicted molar refractivity (Wildman–Crippen MR) is 79.6 cm³/mol. The van der Waals surface area contributed by atoms with E-state index in [0.717, 1.165) is 11.1 Å². The minimum absolute atomic E-state index is 0.0266. The van der Waals surface area contributed by atoms with Crippen LogP contribution >= 0.6 is 0 Å². The van der Waals surface area contributed by atoms with Gasteiger partial charge in [-0.1, -0.05) is 29.5 Å². The molecule has 0 spiro atoms. The molecule has 7 nitrogen and oxygen atoms in total. The summed E-state index contributed by atoms with van der Waals surface area (Å²) < 4.78 is 28.1. The smallest absolute Gasteiger partial charge is 0.215 e. The van der Waals surface area contributed by atoms with E-state index < -0.39 is 10.0 Å². The molecular formula is C13H19N5O2S. The zero-order valence-corrected chi connectivity index (χ0v) is 12.5. The molecule has 21 heavy (non-hydrogen) atoms. The molecule has 2 aromatic rings. The fourth-order valence-corrected chi connectivity index (χ4v) is 3.05. The molecule has 0 saturated carbocycles. The molecule has 0 amide bonds. The fourth-order valence-electron chi connectivity index (χ4n) is 1.86. The highest BCUT2D eigenvalue weighted by Gasteiger charge is 2.10. The van der Waals surface area contributed by atoms with Gasteiger partial charge >= 0.3 is 0 Å². The molecular weight excluding hydrogens is 290 g/mol. The first-order valence-corrected chi connectivity index (χ1v) is 8.33. The van der Waals surface area contributed by atoms with Gasteiger partial charge in [0.25, 0.3) is 0 Å². The van der Waals surface area contributed by atoms with Crippen molar-refractivity contribution in [1.82, 2.24) is 19.7 Å². The van der Waals surface area contributed by atoms with E-state index in [0.29, 0.717) is 26.1 Å². The lowest BCUT2D eigenvalue weighted by Crippen LogP contribution is -2.27. The van der Waals surface area contributed by atoms with E-state index in [1.54, 1.807) is 29.2 Å². The van der Waals surface area contributed by atoms with Crippen molar-refractivity contribution in [3.63, 3.8) is 0 Å². The second-order valence-corrected chi connectivity index (χ2v) is 6.50. The van der Waals surface area contributed by atoms with Crippen LogP contribution in [-0.2, 0) is 28.9 Å². The maximum Gasteiger partial charge on any atom is 0.215 e. The van der Waals surface area contributed by atoms with Crippen LogP contribution in [0.1, 0.15) is 17.5 Å². The number of sulfonamides is 1. The molecule has 3 N–H and O–H groups in total. The van der Waals surface area contributed by atoms with Gasteiger partial charge in [-0.25, -0.2) is 13.1 Å². The van der Waals surface area contributed by atoms with E-state index in [4.69, 9.17) is 5.73 Å². The number of nitrogens with one attached hydrogen (secondary N) is 1. The molecule has 0 fully saturated rings. The summed E-state index contributed by atoms with van der Waals surface area (Å²) in [7, 11) is -3.32. The van der Waals surface area contributed by atoms with Gasteiger partial charge in [0.15, 0.2) is 0 Å². The zero-order chi connectivity index (χ0) is 15.1. The van der Waals surface area contributed by atoms with Gasteiger partial charge in [0.1, 0.15) is 0 Å². The summed E-state index contributed by atoms with van der Waals surface area (Å²) in [4.78, 5) is 0. The van der Waals surface area contributed by atoms with Crippen LogP contribution in [0.25, 0.3) is 0 Å². The van der Waals surface area contributed by atoms with Crippen LogP contribution in [0.15, 0.2) is 36.7 Å². The van der Waals surface area contributed by atoms with Crippen LogP contribution in [0.2, 0.25) is 0 Å². The molecule has 2 rings (SSSR count). The normalized spacial score (nSPS) is 11.7. The van der Waals surface area contributed by atoms with E-state index in [-0.39, 0.29) is 5.75 Å². The topological polar surface area (TPSA) is 103 Å². The summed E-state index contributed by atoms with van der Waals surface area (Å²) >= 11 is 0. The van der Waals surface area contributed by atoms with Gasteiger partial charge < -0.3 is 5.73 Å². The van der Waals surface area contributed by atoms with Gasteiger partial charge in [-0.05, 0) is 17.5 Å². The largest absolute Gasteiger partial charge is 0.326 e. The van der Waals surface area contributed by atoms with Crippen molar-refractivity contribution in [3.05, 3.63) is 47.8 Å². The molecule has 1 aromatic carbocycles. The summed E-state index contributed by atoms with van der Waals surface area (Å²) in [6.07, 6.45) is 4.00. The first-order chi connectivity index (χ1) is 10.1. The summed E-state index contributed by atoms with van der Waals surface area (Å²) in [6, 6.07) is 7.26. The quantitative estimate of drug-likeness (QED) is 0.680. The summed E-state index contributed by atoms with van der Waals surface area (Å²) in [5, 5.41) is 7.50. The van der Waals surface area contributed by atoms with Gasteiger partial charge in [-0.3, -0.25) is 4.68 Å². The molecule has 0 radical (unpaired) electrons. The molecule has 0 saturated heterocycles. The summed E-state index contributed by atoms with van der Waals surface area (Å²) in [5.74, 6) is -0.0266.